The van der Waals surface area contributed by atoms with Gasteiger partial charge in [0.15, 0.2) is 0 Å². The lowest BCUT2D eigenvalue weighted by molar-refractivity contribution is -0.132. The van der Waals surface area contributed by atoms with Gasteiger partial charge in [-0.2, -0.15) is 0 Å². The fourth-order valence-corrected chi connectivity index (χ4v) is 3.43. The zero-order valence-electron chi connectivity index (χ0n) is 12.1. The molecule has 1 amide bonds. The molecule has 1 saturated carbocycles. The van der Waals surface area contributed by atoms with E-state index < -0.39 is 0 Å². The highest BCUT2D eigenvalue weighted by molar-refractivity contribution is 5.82. The number of hydrogen-bond donors (Lipinski definition) is 2. The van der Waals surface area contributed by atoms with Crippen LogP contribution >= 0.6 is 0 Å². The lowest BCUT2D eigenvalue weighted by Gasteiger charge is -2.39. The van der Waals surface area contributed by atoms with Crippen LogP contribution < -0.4 is 10.6 Å². The van der Waals surface area contributed by atoms with Crippen LogP contribution in [0.3, 0.4) is 0 Å². The zero-order chi connectivity index (χ0) is 13.2. The molecule has 3 heteroatoms. The van der Waals surface area contributed by atoms with E-state index in [-0.39, 0.29) is 11.3 Å². The topological polar surface area (TPSA) is 41.1 Å². The standard InChI is InChI=1S/C15H28N2O/c1-14(2)7-4-6-12(10-14)17-13(18)15(3)8-5-9-16-11-15/h12,16H,4-11H2,1-3H3,(H,17,18). The van der Waals surface area contributed by atoms with E-state index in [2.05, 4.69) is 31.4 Å². The Morgan fingerprint density at radius 2 is 2.00 bits per heavy atom. The quantitative estimate of drug-likeness (QED) is 0.792. The predicted molar refractivity (Wildman–Crippen MR) is 74.4 cm³/mol. The lowest BCUT2D eigenvalue weighted by atomic mass is 9.74. The summed E-state index contributed by atoms with van der Waals surface area (Å²) in [4.78, 5) is 12.4. The normalized spacial score (nSPS) is 36.1. The summed E-state index contributed by atoms with van der Waals surface area (Å²) in [5.74, 6) is 0.261. The summed E-state index contributed by atoms with van der Waals surface area (Å²) in [6.07, 6.45) is 6.94. The van der Waals surface area contributed by atoms with Crippen LogP contribution in [-0.2, 0) is 4.79 Å². The molecule has 3 nitrogen and oxygen atoms in total. The second kappa shape index (κ2) is 5.20. The first kappa shape index (κ1) is 13.9. The average molecular weight is 252 g/mol. The van der Waals surface area contributed by atoms with E-state index in [9.17, 15) is 4.79 Å². The van der Waals surface area contributed by atoms with Crippen LogP contribution in [0.5, 0.6) is 0 Å². The van der Waals surface area contributed by atoms with Crippen molar-refractivity contribution >= 4 is 5.91 Å². The van der Waals surface area contributed by atoms with Crippen molar-refractivity contribution in [3.05, 3.63) is 0 Å². The van der Waals surface area contributed by atoms with Crippen LogP contribution in [0.25, 0.3) is 0 Å². The molecule has 0 bridgehead atoms. The fraction of sp³-hybridized carbons (Fsp3) is 0.933. The van der Waals surface area contributed by atoms with Gasteiger partial charge in [0.25, 0.3) is 0 Å². The summed E-state index contributed by atoms with van der Waals surface area (Å²) in [6, 6.07) is 0.389. The van der Waals surface area contributed by atoms with Gasteiger partial charge in [-0.05, 0) is 51.0 Å². The van der Waals surface area contributed by atoms with Gasteiger partial charge in [0.1, 0.15) is 0 Å². The third-order valence-electron chi connectivity index (χ3n) is 4.69. The van der Waals surface area contributed by atoms with Gasteiger partial charge in [0.2, 0.25) is 5.91 Å². The molecule has 2 aliphatic rings. The molecule has 1 aliphatic heterocycles. The van der Waals surface area contributed by atoms with Crippen LogP contribution in [0.1, 0.15) is 59.3 Å². The number of amides is 1. The van der Waals surface area contributed by atoms with E-state index >= 15 is 0 Å². The van der Waals surface area contributed by atoms with Gasteiger partial charge < -0.3 is 10.6 Å². The van der Waals surface area contributed by atoms with Crippen molar-refractivity contribution < 1.29 is 4.79 Å². The maximum absolute atomic E-state index is 12.4. The SMILES string of the molecule is CC1(C)CCCC(NC(=O)C2(C)CCCNC2)C1. The first-order valence-electron chi connectivity index (χ1n) is 7.43. The zero-order valence-corrected chi connectivity index (χ0v) is 12.1. The van der Waals surface area contributed by atoms with Crippen LogP contribution in [0.15, 0.2) is 0 Å². The number of carbonyl (C=O) groups is 1. The molecule has 2 unspecified atom stereocenters. The average Bonchev–Trinajstić information content (AvgIpc) is 2.28. The van der Waals surface area contributed by atoms with Crippen molar-refractivity contribution in [2.75, 3.05) is 13.1 Å². The monoisotopic (exact) mass is 252 g/mol. The van der Waals surface area contributed by atoms with E-state index in [0.29, 0.717) is 11.5 Å². The number of carbonyl (C=O) groups excluding carboxylic acids is 1. The highest BCUT2D eigenvalue weighted by atomic mass is 16.2. The summed E-state index contributed by atoms with van der Waals surface area (Å²) < 4.78 is 0. The van der Waals surface area contributed by atoms with Crippen molar-refractivity contribution in [1.29, 1.82) is 0 Å². The van der Waals surface area contributed by atoms with E-state index in [1.54, 1.807) is 0 Å². The molecule has 2 fully saturated rings. The minimum absolute atomic E-state index is 0.195. The molecule has 104 valence electrons. The summed E-state index contributed by atoms with van der Waals surface area (Å²) >= 11 is 0. The molecule has 2 N–H and O–H groups in total. The smallest absolute Gasteiger partial charge is 0.227 e. The highest BCUT2D eigenvalue weighted by Crippen LogP contribution is 2.35. The Balaban J connectivity index is 1.90. The molecule has 1 heterocycles. The minimum atomic E-state index is -0.195. The van der Waals surface area contributed by atoms with Crippen molar-refractivity contribution in [2.24, 2.45) is 10.8 Å². The summed E-state index contributed by atoms with van der Waals surface area (Å²) in [6.45, 7) is 8.61. The maximum atomic E-state index is 12.4. The Hall–Kier alpha value is -0.570. The summed E-state index contributed by atoms with van der Waals surface area (Å²) in [5, 5.41) is 6.65. The first-order valence-corrected chi connectivity index (χ1v) is 7.43. The Labute approximate surface area is 111 Å². The largest absolute Gasteiger partial charge is 0.353 e. The Bertz CT molecular complexity index is 306. The van der Waals surface area contributed by atoms with Crippen molar-refractivity contribution in [3.63, 3.8) is 0 Å². The molecule has 18 heavy (non-hydrogen) atoms. The number of nitrogens with one attached hydrogen (secondary N) is 2. The number of hydrogen-bond acceptors (Lipinski definition) is 2. The van der Waals surface area contributed by atoms with Gasteiger partial charge in [-0.25, -0.2) is 0 Å². The van der Waals surface area contributed by atoms with Gasteiger partial charge in [0.05, 0.1) is 5.41 Å². The molecule has 0 aromatic carbocycles. The third-order valence-corrected chi connectivity index (χ3v) is 4.69. The minimum Gasteiger partial charge on any atom is -0.353 e. The van der Waals surface area contributed by atoms with Gasteiger partial charge >= 0.3 is 0 Å². The van der Waals surface area contributed by atoms with Crippen LogP contribution in [0.2, 0.25) is 0 Å². The lowest BCUT2D eigenvalue weighted by Crippen LogP contribution is -2.52. The van der Waals surface area contributed by atoms with Crippen molar-refractivity contribution in [2.45, 2.75) is 65.3 Å². The van der Waals surface area contributed by atoms with E-state index in [0.717, 1.165) is 38.8 Å². The van der Waals surface area contributed by atoms with E-state index in [1.165, 1.54) is 12.8 Å². The van der Waals surface area contributed by atoms with Gasteiger partial charge in [-0.1, -0.05) is 20.3 Å². The molecular weight excluding hydrogens is 224 g/mol. The molecule has 1 saturated heterocycles. The van der Waals surface area contributed by atoms with Gasteiger partial charge in [-0.15, -0.1) is 0 Å². The molecule has 0 radical (unpaired) electrons. The molecule has 0 spiro atoms. The van der Waals surface area contributed by atoms with E-state index in [1.807, 2.05) is 0 Å². The van der Waals surface area contributed by atoms with Gasteiger partial charge in [-0.3, -0.25) is 4.79 Å². The first-order chi connectivity index (χ1) is 8.41. The number of piperidine rings is 1. The molecular formula is C15H28N2O. The molecule has 2 rings (SSSR count). The Kier molecular flexibility index (Phi) is 4.00. The van der Waals surface area contributed by atoms with Crippen molar-refractivity contribution in [1.82, 2.24) is 10.6 Å². The Morgan fingerprint density at radius 3 is 2.61 bits per heavy atom. The predicted octanol–water partition coefficient (Wildman–Crippen LogP) is 2.46. The second-order valence-electron chi connectivity index (χ2n) is 7.27. The van der Waals surface area contributed by atoms with Crippen molar-refractivity contribution in [3.8, 4) is 0 Å². The van der Waals surface area contributed by atoms with Gasteiger partial charge in [0, 0.05) is 12.6 Å². The summed E-state index contributed by atoms with van der Waals surface area (Å²) in [5.41, 5.74) is 0.196. The molecule has 2 atom stereocenters. The van der Waals surface area contributed by atoms with Crippen LogP contribution in [0.4, 0.5) is 0 Å². The Morgan fingerprint density at radius 1 is 1.22 bits per heavy atom. The number of rotatable bonds is 2. The fourth-order valence-electron chi connectivity index (χ4n) is 3.43. The van der Waals surface area contributed by atoms with E-state index in [4.69, 9.17) is 0 Å². The maximum Gasteiger partial charge on any atom is 0.227 e. The van der Waals surface area contributed by atoms with Crippen LogP contribution in [0, 0.1) is 10.8 Å². The van der Waals surface area contributed by atoms with Crippen LogP contribution in [-0.4, -0.2) is 25.0 Å². The summed E-state index contributed by atoms with van der Waals surface area (Å²) in [7, 11) is 0. The third kappa shape index (κ3) is 3.25. The molecule has 1 aliphatic carbocycles. The molecule has 0 aromatic heterocycles. The second-order valence-corrected chi connectivity index (χ2v) is 7.27. The highest BCUT2D eigenvalue weighted by Gasteiger charge is 2.37. The molecule has 0 aromatic rings.